The smallest absolute Gasteiger partial charge is 0.156 e. The average molecular weight is 198 g/mol. The normalized spacial score (nSPS) is 38.3. The molecule has 0 saturated heterocycles. The molecule has 1 N–H and O–H groups in total. The maximum Gasteiger partial charge on any atom is 0.156 e. The Hall–Kier alpha value is -0.180. The molecule has 1 aliphatic heterocycles. The molecule has 1 saturated carbocycles. The molecule has 0 spiro atoms. The number of nitrogens with zero attached hydrogens (tertiary/aromatic N) is 1. The zero-order valence-corrected chi connectivity index (χ0v) is 9.28. The Kier molecular flexibility index (Phi) is 2.54. The highest BCUT2D eigenvalue weighted by Gasteiger charge is 2.48. The van der Waals surface area contributed by atoms with Gasteiger partial charge in [-0.15, -0.1) is 0 Å². The predicted molar refractivity (Wildman–Crippen MR) is 59.3 cm³/mol. The summed E-state index contributed by atoms with van der Waals surface area (Å²) in [6.45, 7) is 5.65. The van der Waals surface area contributed by atoms with Gasteiger partial charge in [-0.1, -0.05) is 25.6 Å². The zero-order chi connectivity index (χ0) is 9.31. The SMILES string of the molecule is CCC1(C)CC1NC1=NCCCS1. The van der Waals surface area contributed by atoms with Crippen molar-refractivity contribution in [3.8, 4) is 0 Å². The summed E-state index contributed by atoms with van der Waals surface area (Å²) in [6.07, 6.45) is 3.84. The van der Waals surface area contributed by atoms with Crippen LogP contribution in [0.25, 0.3) is 0 Å². The third-order valence-corrected chi connectivity index (χ3v) is 4.27. The van der Waals surface area contributed by atoms with E-state index in [2.05, 4.69) is 24.2 Å². The summed E-state index contributed by atoms with van der Waals surface area (Å²) < 4.78 is 0. The molecule has 3 heteroatoms. The molecule has 0 radical (unpaired) electrons. The van der Waals surface area contributed by atoms with Crippen LogP contribution >= 0.6 is 11.8 Å². The maximum atomic E-state index is 4.48. The van der Waals surface area contributed by atoms with Crippen LogP contribution in [-0.4, -0.2) is 23.5 Å². The van der Waals surface area contributed by atoms with E-state index in [1.165, 1.54) is 30.2 Å². The molecule has 0 bridgehead atoms. The van der Waals surface area contributed by atoms with Gasteiger partial charge in [0.1, 0.15) is 0 Å². The fourth-order valence-electron chi connectivity index (χ4n) is 1.72. The molecule has 2 rings (SSSR count). The van der Waals surface area contributed by atoms with Crippen LogP contribution < -0.4 is 5.32 Å². The lowest BCUT2D eigenvalue weighted by atomic mass is 10.1. The van der Waals surface area contributed by atoms with Crippen molar-refractivity contribution in [2.24, 2.45) is 10.4 Å². The van der Waals surface area contributed by atoms with Crippen molar-refractivity contribution in [2.45, 2.75) is 39.2 Å². The number of amidine groups is 1. The summed E-state index contributed by atoms with van der Waals surface area (Å²) in [6, 6.07) is 0.696. The van der Waals surface area contributed by atoms with Crippen molar-refractivity contribution in [1.82, 2.24) is 5.32 Å². The first kappa shape index (κ1) is 9.38. The van der Waals surface area contributed by atoms with Crippen LogP contribution in [0.4, 0.5) is 0 Å². The molecule has 74 valence electrons. The predicted octanol–water partition coefficient (Wildman–Crippen LogP) is 2.26. The van der Waals surface area contributed by atoms with Gasteiger partial charge in [-0.25, -0.2) is 0 Å². The van der Waals surface area contributed by atoms with Gasteiger partial charge in [0.15, 0.2) is 5.17 Å². The summed E-state index contributed by atoms with van der Waals surface area (Å²) in [7, 11) is 0. The second-order valence-electron chi connectivity index (χ2n) is 4.30. The van der Waals surface area contributed by atoms with Crippen molar-refractivity contribution in [2.75, 3.05) is 12.3 Å². The molecule has 1 aliphatic carbocycles. The first-order valence-corrected chi connectivity index (χ1v) is 6.17. The molecule has 2 atom stereocenters. The van der Waals surface area contributed by atoms with Crippen LogP contribution in [-0.2, 0) is 0 Å². The van der Waals surface area contributed by atoms with Gasteiger partial charge in [0.2, 0.25) is 0 Å². The molecule has 2 nitrogen and oxygen atoms in total. The molecule has 0 amide bonds. The summed E-state index contributed by atoms with van der Waals surface area (Å²) in [5, 5.41) is 4.74. The highest BCUT2D eigenvalue weighted by atomic mass is 32.2. The van der Waals surface area contributed by atoms with Gasteiger partial charge in [-0.05, 0) is 24.7 Å². The molecular weight excluding hydrogens is 180 g/mol. The number of hydrogen-bond acceptors (Lipinski definition) is 3. The standard InChI is InChI=1S/C10H18N2S/c1-3-10(2)7-8(10)12-9-11-5-4-6-13-9/h8H,3-7H2,1-2H3,(H,11,12). The Bertz CT molecular complexity index is 227. The molecule has 1 heterocycles. The van der Waals surface area contributed by atoms with E-state index in [9.17, 15) is 0 Å². The van der Waals surface area contributed by atoms with Crippen molar-refractivity contribution >= 4 is 16.9 Å². The van der Waals surface area contributed by atoms with Gasteiger partial charge < -0.3 is 5.32 Å². The molecule has 13 heavy (non-hydrogen) atoms. The van der Waals surface area contributed by atoms with E-state index in [0.29, 0.717) is 11.5 Å². The molecule has 0 aromatic carbocycles. The fourth-order valence-corrected chi connectivity index (χ4v) is 2.59. The van der Waals surface area contributed by atoms with E-state index >= 15 is 0 Å². The van der Waals surface area contributed by atoms with Gasteiger partial charge >= 0.3 is 0 Å². The lowest BCUT2D eigenvalue weighted by Gasteiger charge is -2.15. The minimum absolute atomic E-state index is 0.556. The van der Waals surface area contributed by atoms with Crippen LogP contribution in [0.15, 0.2) is 4.99 Å². The number of rotatable bonds is 2. The molecule has 0 aromatic rings. The Balaban J connectivity index is 1.83. The van der Waals surface area contributed by atoms with Gasteiger partial charge in [0.25, 0.3) is 0 Å². The lowest BCUT2D eigenvalue weighted by Crippen LogP contribution is -2.28. The molecule has 0 aromatic heterocycles. The summed E-state index contributed by atoms with van der Waals surface area (Å²) in [4.78, 5) is 4.48. The van der Waals surface area contributed by atoms with Gasteiger partial charge in [0.05, 0.1) is 0 Å². The second kappa shape index (κ2) is 3.52. The van der Waals surface area contributed by atoms with E-state index in [1.807, 2.05) is 11.8 Å². The third kappa shape index (κ3) is 2.01. The van der Waals surface area contributed by atoms with Gasteiger partial charge in [-0.3, -0.25) is 4.99 Å². The van der Waals surface area contributed by atoms with Crippen LogP contribution in [0.1, 0.15) is 33.1 Å². The summed E-state index contributed by atoms with van der Waals surface area (Å²) in [5.74, 6) is 1.24. The fraction of sp³-hybridized carbons (Fsp3) is 0.900. The summed E-state index contributed by atoms with van der Waals surface area (Å²) >= 11 is 1.88. The minimum Gasteiger partial charge on any atom is -0.362 e. The number of nitrogens with one attached hydrogen (secondary N) is 1. The Labute approximate surface area is 84.6 Å². The van der Waals surface area contributed by atoms with Crippen molar-refractivity contribution in [1.29, 1.82) is 0 Å². The second-order valence-corrected chi connectivity index (χ2v) is 5.38. The largest absolute Gasteiger partial charge is 0.362 e. The van der Waals surface area contributed by atoms with Crippen LogP contribution in [0, 0.1) is 5.41 Å². The molecule has 1 fully saturated rings. The number of aliphatic imine (C=N–C) groups is 1. The Morgan fingerprint density at radius 3 is 3.08 bits per heavy atom. The average Bonchev–Trinajstić information content (AvgIpc) is 2.80. The highest BCUT2D eigenvalue weighted by Crippen LogP contribution is 2.48. The molecule has 2 unspecified atom stereocenters. The third-order valence-electron chi connectivity index (χ3n) is 3.25. The first-order valence-electron chi connectivity index (χ1n) is 5.18. The molecule has 2 aliphatic rings. The molecular formula is C10H18N2S. The van der Waals surface area contributed by atoms with Gasteiger partial charge in [0, 0.05) is 18.3 Å². The van der Waals surface area contributed by atoms with E-state index in [1.54, 1.807) is 0 Å². The van der Waals surface area contributed by atoms with E-state index < -0.39 is 0 Å². The number of hydrogen-bond donors (Lipinski definition) is 1. The topological polar surface area (TPSA) is 24.4 Å². The van der Waals surface area contributed by atoms with E-state index in [-0.39, 0.29) is 0 Å². The van der Waals surface area contributed by atoms with Crippen molar-refractivity contribution < 1.29 is 0 Å². The Morgan fingerprint density at radius 2 is 2.54 bits per heavy atom. The van der Waals surface area contributed by atoms with Crippen LogP contribution in [0.3, 0.4) is 0 Å². The quantitative estimate of drug-likeness (QED) is 0.736. The van der Waals surface area contributed by atoms with E-state index in [4.69, 9.17) is 0 Å². The van der Waals surface area contributed by atoms with Gasteiger partial charge in [-0.2, -0.15) is 0 Å². The summed E-state index contributed by atoms with van der Waals surface area (Å²) in [5.41, 5.74) is 0.556. The number of thioether (sulfide) groups is 1. The van der Waals surface area contributed by atoms with E-state index in [0.717, 1.165) is 6.54 Å². The van der Waals surface area contributed by atoms with Crippen LogP contribution in [0.5, 0.6) is 0 Å². The minimum atomic E-state index is 0.556. The van der Waals surface area contributed by atoms with Crippen LogP contribution in [0.2, 0.25) is 0 Å². The first-order chi connectivity index (χ1) is 6.24. The zero-order valence-electron chi connectivity index (χ0n) is 8.47. The maximum absolute atomic E-state index is 4.48. The van der Waals surface area contributed by atoms with Crippen molar-refractivity contribution in [3.05, 3.63) is 0 Å². The monoisotopic (exact) mass is 198 g/mol. The Morgan fingerprint density at radius 1 is 1.69 bits per heavy atom. The highest BCUT2D eigenvalue weighted by molar-refractivity contribution is 8.13. The lowest BCUT2D eigenvalue weighted by molar-refractivity contribution is 0.512. The van der Waals surface area contributed by atoms with Crippen molar-refractivity contribution in [3.63, 3.8) is 0 Å².